The van der Waals surface area contributed by atoms with Gasteiger partial charge in [0.2, 0.25) is 11.8 Å². The van der Waals surface area contributed by atoms with Gasteiger partial charge < -0.3 is 9.80 Å². The quantitative estimate of drug-likeness (QED) is 0.421. The van der Waals surface area contributed by atoms with E-state index in [1.54, 1.807) is 22.3 Å². The smallest absolute Gasteiger partial charge is 0.247 e. The number of hydrogen-bond donors (Lipinski definition) is 0. The van der Waals surface area contributed by atoms with Gasteiger partial charge in [-0.3, -0.25) is 9.59 Å². The SMILES string of the molecule is Cc1ccc(CN(Cc2ccccc2)C(=O)CN(C(=O)/C=C/c2ccccc2)C2CC2)s1. The summed E-state index contributed by atoms with van der Waals surface area (Å²) in [5.41, 5.74) is 2.06. The fourth-order valence-corrected chi connectivity index (χ4v) is 4.55. The predicted molar refractivity (Wildman–Crippen MR) is 130 cm³/mol. The highest BCUT2D eigenvalue weighted by atomic mass is 32.1. The summed E-state index contributed by atoms with van der Waals surface area (Å²) in [7, 11) is 0. The van der Waals surface area contributed by atoms with Gasteiger partial charge in [-0.2, -0.15) is 0 Å². The molecule has 5 heteroatoms. The molecule has 4 rings (SSSR count). The summed E-state index contributed by atoms with van der Waals surface area (Å²) in [6.45, 7) is 3.27. The first kappa shape index (κ1) is 22.0. The predicted octanol–water partition coefficient (Wildman–Crippen LogP) is 5.29. The molecule has 164 valence electrons. The Balaban J connectivity index is 1.48. The van der Waals surface area contributed by atoms with E-state index in [0.717, 1.165) is 28.8 Å². The van der Waals surface area contributed by atoms with Gasteiger partial charge in [-0.25, -0.2) is 0 Å². The van der Waals surface area contributed by atoms with E-state index in [0.29, 0.717) is 13.1 Å². The van der Waals surface area contributed by atoms with E-state index < -0.39 is 0 Å². The van der Waals surface area contributed by atoms with Crippen molar-refractivity contribution in [2.75, 3.05) is 6.54 Å². The van der Waals surface area contributed by atoms with E-state index in [1.165, 1.54) is 4.88 Å². The molecule has 0 radical (unpaired) electrons. The zero-order valence-electron chi connectivity index (χ0n) is 18.3. The number of carbonyl (C=O) groups is 2. The molecule has 0 aliphatic heterocycles. The topological polar surface area (TPSA) is 40.6 Å². The Morgan fingerprint density at radius 1 is 0.938 bits per heavy atom. The highest BCUT2D eigenvalue weighted by Gasteiger charge is 2.34. The normalized spacial score (nSPS) is 13.3. The van der Waals surface area contributed by atoms with Crippen LogP contribution < -0.4 is 0 Å². The number of benzene rings is 2. The first-order chi connectivity index (χ1) is 15.6. The van der Waals surface area contributed by atoms with Gasteiger partial charge in [0.15, 0.2) is 0 Å². The molecular weight excluding hydrogens is 416 g/mol. The first-order valence-electron chi connectivity index (χ1n) is 11.0. The fourth-order valence-electron chi connectivity index (χ4n) is 3.64. The lowest BCUT2D eigenvalue weighted by molar-refractivity contribution is -0.139. The molecule has 1 aliphatic carbocycles. The van der Waals surface area contributed by atoms with Crippen LogP contribution in [0.15, 0.2) is 78.9 Å². The second-order valence-electron chi connectivity index (χ2n) is 8.19. The van der Waals surface area contributed by atoms with Crippen LogP contribution in [0.25, 0.3) is 6.08 Å². The molecule has 0 saturated heterocycles. The van der Waals surface area contributed by atoms with E-state index in [2.05, 4.69) is 19.1 Å². The molecule has 2 aromatic carbocycles. The van der Waals surface area contributed by atoms with Crippen LogP contribution in [0, 0.1) is 6.92 Å². The molecule has 2 amide bonds. The van der Waals surface area contributed by atoms with Gasteiger partial charge in [-0.05, 0) is 49.1 Å². The minimum atomic E-state index is -0.101. The van der Waals surface area contributed by atoms with E-state index in [4.69, 9.17) is 0 Å². The number of aryl methyl sites for hydroxylation is 1. The minimum Gasteiger partial charge on any atom is -0.332 e. The summed E-state index contributed by atoms with van der Waals surface area (Å²) in [5.74, 6) is -0.121. The molecule has 1 aliphatic rings. The van der Waals surface area contributed by atoms with Crippen molar-refractivity contribution in [2.24, 2.45) is 0 Å². The average Bonchev–Trinajstić information content (AvgIpc) is 3.57. The molecule has 0 unspecified atom stereocenters. The highest BCUT2D eigenvalue weighted by molar-refractivity contribution is 7.11. The highest BCUT2D eigenvalue weighted by Crippen LogP contribution is 2.28. The number of thiophene rings is 1. The summed E-state index contributed by atoms with van der Waals surface area (Å²) in [6.07, 6.45) is 5.32. The van der Waals surface area contributed by atoms with E-state index in [-0.39, 0.29) is 24.4 Å². The third-order valence-electron chi connectivity index (χ3n) is 5.51. The Kier molecular flexibility index (Phi) is 7.17. The Morgan fingerprint density at radius 3 is 2.25 bits per heavy atom. The van der Waals surface area contributed by atoms with E-state index >= 15 is 0 Å². The van der Waals surface area contributed by atoms with Crippen molar-refractivity contribution in [3.05, 3.63) is 99.8 Å². The summed E-state index contributed by atoms with van der Waals surface area (Å²) >= 11 is 1.71. The van der Waals surface area contributed by atoms with Crippen LogP contribution >= 0.6 is 11.3 Å². The van der Waals surface area contributed by atoms with Crippen LogP contribution in [-0.2, 0) is 22.7 Å². The second kappa shape index (κ2) is 10.4. The summed E-state index contributed by atoms with van der Waals surface area (Å²) in [6, 6.07) is 24.1. The van der Waals surface area contributed by atoms with Crippen molar-refractivity contribution in [3.8, 4) is 0 Å². The summed E-state index contributed by atoms with van der Waals surface area (Å²) in [4.78, 5) is 32.3. The Bertz CT molecular complexity index is 1070. The molecule has 32 heavy (non-hydrogen) atoms. The van der Waals surface area contributed by atoms with Crippen LogP contribution in [0.4, 0.5) is 0 Å². The van der Waals surface area contributed by atoms with Crippen LogP contribution in [-0.4, -0.2) is 34.2 Å². The largest absolute Gasteiger partial charge is 0.332 e. The van der Waals surface area contributed by atoms with Crippen LogP contribution in [0.2, 0.25) is 0 Å². The van der Waals surface area contributed by atoms with Crippen molar-refractivity contribution in [3.63, 3.8) is 0 Å². The first-order valence-corrected chi connectivity index (χ1v) is 11.8. The Hall–Kier alpha value is -3.18. The third kappa shape index (κ3) is 6.17. The number of hydrogen-bond acceptors (Lipinski definition) is 3. The second-order valence-corrected chi connectivity index (χ2v) is 9.56. The zero-order valence-corrected chi connectivity index (χ0v) is 19.1. The summed E-state index contributed by atoms with van der Waals surface area (Å²) in [5, 5.41) is 0. The molecular formula is C27H28N2O2S. The maximum atomic E-state index is 13.4. The number of carbonyl (C=O) groups excluding carboxylic acids is 2. The molecule has 4 nitrogen and oxygen atoms in total. The molecule has 0 atom stereocenters. The van der Waals surface area contributed by atoms with Crippen molar-refractivity contribution < 1.29 is 9.59 Å². The molecule has 1 saturated carbocycles. The zero-order chi connectivity index (χ0) is 22.3. The molecule has 1 fully saturated rings. The van der Waals surface area contributed by atoms with Gasteiger partial charge >= 0.3 is 0 Å². The van der Waals surface area contributed by atoms with Crippen LogP contribution in [0.3, 0.4) is 0 Å². The summed E-state index contributed by atoms with van der Waals surface area (Å²) < 4.78 is 0. The van der Waals surface area contributed by atoms with Gasteiger partial charge in [0.05, 0.1) is 6.54 Å². The van der Waals surface area contributed by atoms with Crippen molar-refractivity contribution >= 4 is 29.2 Å². The van der Waals surface area contributed by atoms with Gasteiger partial charge in [-0.1, -0.05) is 60.7 Å². The van der Waals surface area contributed by atoms with Crippen LogP contribution in [0.5, 0.6) is 0 Å². The van der Waals surface area contributed by atoms with E-state index in [9.17, 15) is 9.59 Å². The van der Waals surface area contributed by atoms with Crippen molar-refractivity contribution in [1.82, 2.24) is 9.80 Å². The maximum Gasteiger partial charge on any atom is 0.247 e. The molecule has 3 aromatic rings. The lowest BCUT2D eigenvalue weighted by atomic mass is 10.2. The third-order valence-corrected chi connectivity index (χ3v) is 6.49. The monoisotopic (exact) mass is 444 g/mol. The molecule has 1 aromatic heterocycles. The lowest BCUT2D eigenvalue weighted by Crippen LogP contribution is -2.43. The lowest BCUT2D eigenvalue weighted by Gasteiger charge is -2.27. The van der Waals surface area contributed by atoms with Crippen LogP contribution in [0.1, 0.15) is 33.7 Å². The maximum absolute atomic E-state index is 13.4. The Labute approximate surface area is 193 Å². The fraction of sp³-hybridized carbons (Fsp3) is 0.259. The van der Waals surface area contributed by atoms with Gasteiger partial charge in [0.1, 0.15) is 6.54 Å². The van der Waals surface area contributed by atoms with Gasteiger partial charge in [-0.15, -0.1) is 11.3 Å². The molecule has 0 bridgehead atoms. The number of amides is 2. The number of rotatable bonds is 9. The van der Waals surface area contributed by atoms with E-state index in [1.807, 2.05) is 71.6 Å². The molecule has 0 N–H and O–H groups in total. The molecule has 1 heterocycles. The average molecular weight is 445 g/mol. The van der Waals surface area contributed by atoms with Crippen molar-refractivity contribution in [1.29, 1.82) is 0 Å². The van der Waals surface area contributed by atoms with Gasteiger partial charge in [0.25, 0.3) is 0 Å². The van der Waals surface area contributed by atoms with Crippen molar-refractivity contribution in [2.45, 2.75) is 38.9 Å². The Morgan fingerprint density at radius 2 is 1.62 bits per heavy atom. The molecule has 0 spiro atoms. The standard InChI is InChI=1S/C27H28N2O2S/c1-21-12-16-25(32-21)19-28(18-23-10-6-3-7-11-23)27(31)20-29(24-14-15-24)26(30)17-13-22-8-4-2-5-9-22/h2-13,16-17,24H,14-15,18-20H2,1H3/b17-13+. The number of nitrogens with zero attached hydrogens (tertiary/aromatic N) is 2. The van der Waals surface area contributed by atoms with Gasteiger partial charge in [0, 0.05) is 28.4 Å². The minimum absolute atomic E-state index is 0.0201.